The van der Waals surface area contributed by atoms with Crippen LogP contribution in [0.3, 0.4) is 0 Å². The molecule has 0 aliphatic carbocycles. The van der Waals surface area contributed by atoms with Crippen LogP contribution < -0.4 is 5.32 Å². The van der Waals surface area contributed by atoms with Crippen molar-refractivity contribution in [2.45, 2.75) is 12.8 Å². The molecule has 0 bridgehead atoms. The molecule has 0 fully saturated rings. The number of anilines is 1. The van der Waals surface area contributed by atoms with Crippen LogP contribution in [0.4, 0.5) is 14.5 Å². The zero-order valence-electron chi connectivity index (χ0n) is 11.5. The third-order valence-electron chi connectivity index (χ3n) is 2.77. The number of thiophene rings is 1. The molecule has 0 aliphatic rings. The fourth-order valence-electron chi connectivity index (χ4n) is 1.68. The van der Waals surface area contributed by atoms with E-state index in [1.165, 1.54) is 11.3 Å². The quantitative estimate of drug-likeness (QED) is 0.830. The molecule has 2 aromatic rings. The van der Waals surface area contributed by atoms with Gasteiger partial charge in [-0.3, -0.25) is 9.59 Å². The minimum atomic E-state index is -0.892. The molecular weight excluding hydrogens is 312 g/mol. The maximum absolute atomic E-state index is 13.3. The first-order chi connectivity index (χ1) is 10.5. The summed E-state index contributed by atoms with van der Waals surface area (Å²) >= 11 is 1.53. The molecule has 4 nitrogen and oxygen atoms in total. The van der Waals surface area contributed by atoms with Crippen molar-refractivity contribution in [1.29, 1.82) is 0 Å². The molecular formula is C15H13F2NO3S. The van der Waals surface area contributed by atoms with Crippen LogP contribution in [-0.4, -0.2) is 18.5 Å². The van der Waals surface area contributed by atoms with E-state index >= 15 is 0 Å². The second-order valence-electron chi connectivity index (χ2n) is 4.46. The number of benzene rings is 1. The van der Waals surface area contributed by atoms with Gasteiger partial charge in [-0.25, -0.2) is 8.78 Å². The van der Waals surface area contributed by atoms with Gasteiger partial charge in [-0.1, -0.05) is 0 Å². The van der Waals surface area contributed by atoms with Crippen molar-refractivity contribution >= 4 is 28.9 Å². The smallest absolute Gasteiger partial charge is 0.306 e. The van der Waals surface area contributed by atoms with Crippen molar-refractivity contribution in [2.75, 3.05) is 11.9 Å². The number of hydrogen-bond donors (Lipinski definition) is 1. The second-order valence-corrected chi connectivity index (χ2v) is 5.24. The summed E-state index contributed by atoms with van der Waals surface area (Å²) in [4.78, 5) is 23.0. The Labute approximate surface area is 129 Å². The summed E-state index contributed by atoms with van der Waals surface area (Å²) in [5.74, 6) is -2.83. The summed E-state index contributed by atoms with van der Waals surface area (Å²) in [5.41, 5.74) is 0.862. The van der Waals surface area contributed by atoms with Gasteiger partial charge in [0.05, 0.1) is 5.69 Å². The fourth-order valence-corrected chi connectivity index (χ4v) is 2.38. The molecule has 0 atom stereocenters. The van der Waals surface area contributed by atoms with Crippen molar-refractivity contribution in [3.63, 3.8) is 0 Å². The van der Waals surface area contributed by atoms with E-state index in [1.807, 2.05) is 16.8 Å². The lowest BCUT2D eigenvalue weighted by molar-refractivity contribution is -0.147. The number of aryl methyl sites for hydroxylation is 1. The van der Waals surface area contributed by atoms with Gasteiger partial charge in [-0.15, -0.1) is 0 Å². The van der Waals surface area contributed by atoms with Crippen LogP contribution in [0.15, 0.2) is 35.0 Å². The Hall–Kier alpha value is -2.28. The third kappa shape index (κ3) is 4.92. The number of rotatable bonds is 6. The number of hydrogen-bond acceptors (Lipinski definition) is 4. The fraction of sp³-hybridized carbons (Fsp3) is 0.200. The molecule has 0 saturated carbocycles. The number of ether oxygens (including phenoxy) is 1. The van der Waals surface area contributed by atoms with Gasteiger partial charge in [0.1, 0.15) is 11.6 Å². The number of nitrogens with one attached hydrogen (secondary N) is 1. The lowest BCUT2D eigenvalue weighted by Gasteiger charge is -2.07. The van der Waals surface area contributed by atoms with Gasteiger partial charge in [0, 0.05) is 12.5 Å². The van der Waals surface area contributed by atoms with E-state index in [9.17, 15) is 18.4 Å². The summed E-state index contributed by atoms with van der Waals surface area (Å²) in [7, 11) is 0. The Morgan fingerprint density at radius 3 is 2.73 bits per heavy atom. The van der Waals surface area contributed by atoms with Gasteiger partial charge in [0.15, 0.2) is 6.61 Å². The molecule has 1 aromatic heterocycles. The van der Waals surface area contributed by atoms with Crippen LogP contribution in [0.2, 0.25) is 0 Å². The van der Waals surface area contributed by atoms with Gasteiger partial charge in [0.25, 0.3) is 5.91 Å². The normalized spacial score (nSPS) is 10.3. The Kier molecular flexibility index (Phi) is 5.60. The van der Waals surface area contributed by atoms with Gasteiger partial charge in [0.2, 0.25) is 0 Å². The molecule has 116 valence electrons. The minimum absolute atomic E-state index is 0.162. The number of halogens is 2. The van der Waals surface area contributed by atoms with Gasteiger partial charge in [-0.2, -0.15) is 11.3 Å². The first-order valence-corrected chi connectivity index (χ1v) is 7.40. The molecule has 1 N–H and O–H groups in total. The largest absolute Gasteiger partial charge is 0.456 e. The van der Waals surface area contributed by atoms with E-state index in [2.05, 4.69) is 5.32 Å². The number of carbonyl (C=O) groups is 2. The number of carbonyl (C=O) groups excluding carboxylic acids is 2. The monoisotopic (exact) mass is 325 g/mol. The standard InChI is InChI=1S/C15H13F2NO3S/c16-11-2-3-13(12(17)7-11)18-14(19)8-21-15(20)4-1-10-5-6-22-9-10/h2-3,5-7,9H,1,4,8H2,(H,18,19). The summed E-state index contributed by atoms with van der Waals surface area (Å²) in [5, 5.41) is 6.04. The van der Waals surface area contributed by atoms with E-state index in [1.54, 1.807) is 0 Å². The second kappa shape index (κ2) is 7.65. The predicted octanol–water partition coefficient (Wildman–Crippen LogP) is 3.14. The molecule has 0 aliphatic heterocycles. The number of amides is 1. The van der Waals surface area contributed by atoms with Crippen molar-refractivity contribution in [1.82, 2.24) is 0 Å². The van der Waals surface area contributed by atoms with Crippen LogP contribution in [0.25, 0.3) is 0 Å². The molecule has 22 heavy (non-hydrogen) atoms. The average molecular weight is 325 g/mol. The average Bonchev–Trinajstić information content (AvgIpc) is 2.99. The Balaban J connectivity index is 1.74. The molecule has 1 heterocycles. The lowest BCUT2D eigenvalue weighted by atomic mass is 10.2. The van der Waals surface area contributed by atoms with Gasteiger partial charge >= 0.3 is 5.97 Å². The molecule has 0 spiro atoms. The number of esters is 1. The topological polar surface area (TPSA) is 55.4 Å². The summed E-state index contributed by atoms with van der Waals surface area (Å²) in [6.45, 7) is -0.515. The summed E-state index contributed by atoms with van der Waals surface area (Å²) in [6.07, 6.45) is 0.700. The van der Waals surface area contributed by atoms with E-state index in [0.717, 1.165) is 17.7 Å². The van der Waals surface area contributed by atoms with Crippen molar-refractivity contribution in [3.8, 4) is 0 Å². The first kappa shape index (κ1) is 16.1. The molecule has 7 heteroatoms. The Morgan fingerprint density at radius 2 is 2.05 bits per heavy atom. The van der Waals surface area contributed by atoms with Crippen molar-refractivity contribution in [2.24, 2.45) is 0 Å². The molecule has 0 saturated heterocycles. The predicted molar refractivity (Wildman–Crippen MR) is 78.6 cm³/mol. The first-order valence-electron chi connectivity index (χ1n) is 6.46. The SMILES string of the molecule is O=C(COC(=O)CCc1ccsc1)Nc1ccc(F)cc1F. The highest BCUT2D eigenvalue weighted by Gasteiger charge is 2.11. The van der Waals surface area contributed by atoms with E-state index in [4.69, 9.17) is 4.74 Å². The van der Waals surface area contributed by atoms with Gasteiger partial charge < -0.3 is 10.1 Å². The van der Waals surface area contributed by atoms with Crippen molar-refractivity contribution < 1.29 is 23.1 Å². The van der Waals surface area contributed by atoms with E-state index in [-0.39, 0.29) is 12.1 Å². The van der Waals surface area contributed by atoms with E-state index < -0.39 is 30.1 Å². The van der Waals surface area contributed by atoms with Crippen LogP contribution in [0.5, 0.6) is 0 Å². The lowest BCUT2D eigenvalue weighted by Crippen LogP contribution is -2.21. The molecule has 1 aromatic carbocycles. The zero-order chi connectivity index (χ0) is 15.9. The van der Waals surface area contributed by atoms with Crippen LogP contribution in [0, 0.1) is 11.6 Å². The zero-order valence-corrected chi connectivity index (χ0v) is 12.3. The Morgan fingerprint density at radius 1 is 1.23 bits per heavy atom. The Bertz CT molecular complexity index is 659. The summed E-state index contributed by atoms with van der Waals surface area (Å²) < 4.78 is 30.8. The summed E-state index contributed by atoms with van der Waals surface area (Å²) in [6, 6.07) is 4.68. The minimum Gasteiger partial charge on any atom is -0.456 e. The van der Waals surface area contributed by atoms with E-state index in [0.29, 0.717) is 12.5 Å². The molecule has 2 rings (SSSR count). The molecule has 0 unspecified atom stereocenters. The van der Waals surface area contributed by atoms with Crippen molar-refractivity contribution in [3.05, 3.63) is 52.2 Å². The maximum atomic E-state index is 13.3. The molecule has 1 amide bonds. The van der Waals surface area contributed by atoms with Crippen LogP contribution in [-0.2, 0) is 20.7 Å². The highest BCUT2D eigenvalue weighted by Crippen LogP contribution is 2.14. The van der Waals surface area contributed by atoms with Crippen LogP contribution in [0.1, 0.15) is 12.0 Å². The van der Waals surface area contributed by atoms with Gasteiger partial charge in [-0.05, 0) is 40.9 Å². The maximum Gasteiger partial charge on any atom is 0.306 e. The third-order valence-corrected chi connectivity index (χ3v) is 3.50. The van der Waals surface area contributed by atoms with Crippen LogP contribution >= 0.6 is 11.3 Å². The highest BCUT2D eigenvalue weighted by molar-refractivity contribution is 7.07. The highest BCUT2D eigenvalue weighted by atomic mass is 32.1. The molecule has 0 radical (unpaired) electrons.